The molecule has 0 aromatic carbocycles. The molecule has 1 aliphatic heterocycles. The summed E-state index contributed by atoms with van der Waals surface area (Å²) in [6.07, 6.45) is 0. The van der Waals surface area contributed by atoms with Crippen LogP contribution < -0.4 is 10.6 Å². The molecule has 0 radical (unpaired) electrons. The Kier molecular flexibility index (Phi) is 4.00. The average molecular weight is 193 g/mol. The van der Waals surface area contributed by atoms with Crippen LogP contribution in [0.4, 0.5) is 0 Å². The van der Waals surface area contributed by atoms with E-state index in [-0.39, 0.29) is 23.7 Å². The number of hydrogen-bond acceptors (Lipinski definition) is 2. The molecule has 0 atom stereocenters. The average Bonchev–Trinajstić information content (AvgIpc) is 1.75. The summed E-state index contributed by atoms with van der Waals surface area (Å²) in [5, 5.41) is 6.06. The molecule has 1 heterocycles. The van der Waals surface area contributed by atoms with Crippen molar-refractivity contribution in [1.82, 2.24) is 10.6 Å². The van der Waals surface area contributed by atoms with E-state index in [9.17, 15) is 4.79 Å². The highest BCUT2D eigenvalue weighted by Crippen LogP contribution is 2.13. The van der Waals surface area contributed by atoms with Crippen LogP contribution in [0.25, 0.3) is 0 Å². The highest BCUT2D eigenvalue weighted by Gasteiger charge is 2.26. The molecule has 12 heavy (non-hydrogen) atoms. The number of nitrogens with one attached hydrogen (secondary N) is 2. The van der Waals surface area contributed by atoms with Crippen LogP contribution in [0, 0.1) is 5.41 Å². The van der Waals surface area contributed by atoms with Crippen LogP contribution in [-0.4, -0.2) is 25.0 Å². The number of hydrogen-bond donors (Lipinski definition) is 2. The molecule has 4 heteroatoms. The first kappa shape index (κ1) is 11.7. The lowest BCUT2D eigenvalue weighted by Gasteiger charge is -2.30. The third kappa shape index (κ3) is 2.99. The lowest BCUT2D eigenvalue weighted by molar-refractivity contribution is -0.129. The topological polar surface area (TPSA) is 41.1 Å². The van der Waals surface area contributed by atoms with E-state index in [0.717, 1.165) is 13.1 Å². The molecule has 0 unspecified atom stereocenters. The maximum Gasteiger partial charge on any atom is 0.225 e. The van der Waals surface area contributed by atoms with Crippen LogP contribution >= 0.6 is 12.4 Å². The molecule has 2 N–H and O–H groups in total. The Morgan fingerprint density at radius 1 is 1.42 bits per heavy atom. The number of amides is 1. The standard InChI is InChI=1S/C8H16N2O.ClH/c1-8(2,3)7(11)10-6-4-9-5-6;/h6,9H,4-5H2,1-3H3,(H,10,11);1H. The summed E-state index contributed by atoms with van der Waals surface area (Å²) >= 11 is 0. The lowest BCUT2D eigenvalue weighted by Crippen LogP contribution is -2.58. The quantitative estimate of drug-likeness (QED) is 0.637. The molecule has 1 rings (SSSR count). The SMILES string of the molecule is CC(C)(C)C(=O)NC1CNC1.Cl. The smallest absolute Gasteiger partial charge is 0.225 e. The van der Waals surface area contributed by atoms with Crippen molar-refractivity contribution in [3.8, 4) is 0 Å². The summed E-state index contributed by atoms with van der Waals surface area (Å²) < 4.78 is 0. The zero-order valence-corrected chi connectivity index (χ0v) is 8.62. The van der Waals surface area contributed by atoms with Crippen molar-refractivity contribution in [2.75, 3.05) is 13.1 Å². The molecule has 1 fully saturated rings. The monoisotopic (exact) mass is 192 g/mol. The van der Waals surface area contributed by atoms with Crippen LogP contribution in [0.2, 0.25) is 0 Å². The van der Waals surface area contributed by atoms with Gasteiger partial charge in [-0.2, -0.15) is 0 Å². The molecule has 3 nitrogen and oxygen atoms in total. The summed E-state index contributed by atoms with van der Waals surface area (Å²) in [4.78, 5) is 11.3. The third-order valence-corrected chi connectivity index (χ3v) is 1.80. The van der Waals surface area contributed by atoms with Gasteiger partial charge in [-0.25, -0.2) is 0 Å². The number of rotatable bonds is 1. The second kappa shape index (κ2) is 4.10. The zero-order chi connectivity index (χ0) is 8.48. The summed E-state index contributed by atoms with van der Waals surface area (Å²) in [6, 6.07) is 0.363. The van der Waals surface area contributed by atoms with E-state index in [1.165, 1.54) is 0 Å². The van der Waals surface area contributed by atoms with Gasteiger partial charge >= 0.3 is 0 Å². The predicted octanol–water partition coefficient (Wildman–Crippen LogP) is 0.542. The first-order valence-corrected chi connectivity index (χ1v) is 4.02. The Bertz CT molecular complexity index is 161. The largest absolute Gasteiger partial charge is 0.350 e. The molecule has 1 amide bonds. The molecule has 0 saturated carbocycles. The summed E-state index contributed by atoms with van der Waals surface area (Å²) in [5.41, 5.74) is -0.254. The van der Waals surface area contributed by atoms with Gasteiger partial charge in [0, 0.05) is 18.5 Å². The second-order valence-corrected chi connectivity index (χ2v) is 4.08. The van der Waals surface area contributed by atoms with E-state index >= 15 is 0 Å². The Balaban J connectivity index is 0.00000121. The molecule has 1 aliphatic rings. The summed E-state index contributed by atoms with van der Waals surface area (Å²) in [5.74, 6) is 0.143. The predicted molar refractivity (Wildman–Crippen MR) is 51.5 cm³/mol. The van der Waals surface area contributed by atoms with E-state index in [1.807, 2.05) is 20.8 Å². The van der Waals surface area contributed by atoms with Gasteiger partial charge in [0.1, 0.15) is 0 Å². The number of halogens is 1. The van der Waals surface area contributed by atoms with E-state index in [4.69, 9.17) is 0 Å². The number of carbonyl (C=O) groups is 1. The van der Waals surface area contributed by atoms with Gasteiger partial charge in [0.15, 0.2) is 0 Å². The molecule has 0 aliphatic carbocycles. The van der Waals surface area contributed by atoms with Gasteiger partial charge < -0.3 is 10.6 Å². The van der Waals surface area contributed by atoms with Crippen molar-refractivity contribution in [3.63, 3.8) is 0 Å². The van der Waals surface area contributed by atoms with Gasteiger partial charge in [0.25, 0.3) is 0 Å². The van der Waals surface area contributed by atoms with E-state index < -0.39 is 0 Å². The van der Waals surface area contributed by atoms with Gasteiger partial charge in [0.2, 0.25) is 5.91 Å². The minimum absolute atomic E-state index is 0. The van der Waals surface area contributed by atoms with Crippen LogP contribution in [0.15, 0.2) is 0 Å². The van der Waals surface area contributed by atoms with Crippen molar-refractivity contribution >= 4 is 18.3 Å². The molecular weight excluding hydrogens is 176 g/mol. The fraction of sp³-hybridized carbons (Fsp3) is 0.875. The van der Waals surface area contributed by atoms with Crippen LogP contribution in [0.3, 0.4) is 0 Å². The van der Waals surface area contributed by atoms with Gasteiger partial charge in [-0.05, 0) is 0 Å². The Morgan fingerprint density at radius 2 is 1.92 bits per heavy atom. The lowest BCUT2D eigenvalue weighted by atomic mass is 9.95. The van der Waals surface area contributed by atoms with Crippen molar-refractivity contribution in [2.45, 2.75) is 26.8 Å². The van der Waals surface area contributed by atoms with E-state index in [0.29, 0.717) is 6.04 Å². The highest BCUT2D eigenvalue weighted by molar-refractivity contribution is 5.85. The zero-order valence-electron chi connectivity index (χ0n) is 7.81. The first-order chi connectivity index (χ1) is 5.00. The van der Waals surface area contributed by atoms with Gasteiger partial charge in [-0.3, -0.25) is 4.79 Å². The van der Waals surface area contributed by atoms with Gasteiger partial charge in [-0.15, -0.1) is 12.4 Å². The van der Waals surface area contributed by atoms with E-state index in [1.54, 1.807) is 0 Å². The Morgan fingerprint density at radius 3 is 2.17 bits per heavy atom. The molecule has 0 aromatic heterocycles. The molecule has 72 valence electrons. The van der Waals surface area contributed by atoms with Crippen molar-refractivity contribution in [3.05, 3.63) is 0 Å². The first-order valence-electron chi connectivity index (χ1n) is 4.02. The van der Waals surface area contributed by atoms with Crippen LogP contribution in [-0.2, 0) is 4.79 Å². The highest BCUT2D eigenvalue weighted by atomic mass is 35.5. The molecule has 0 aromatic rings. The minimum Gasteiger partial charge on any atom is -0.350 e. The fourth-order valence-corrected chi connectivity index (χ4v) is 0.793. The van der Waals surface area contributed by atoms with E-state index in [2.05, 4.69) is 10.6 Å². The minimum atomic E-state index is -0.254. The Hall–Kier alpha value is -0.280. The van der Waals surface area contributed by atoms with Crippen LogP contribution in [0.1, 0.15) is 20.8 Å². The second-order valence-electron chi connectivity index (χ2n) is 4.08. The number of carbonyl (C=O) groups excluding carboxylic acids is 1. The van der Waals surface area contributed by atoms with Crippen molar-refractivity contribution < 1.29 is 4.79 Å². The van der Waals surface area contributed by atoms with Crippen molar-refractivity contribution in [2.24, 2.45) is 5.41 Å². The maximum absolute atomic E-state index is 11.3. The van der Waals surface area contributed by atoms with Crippen LogP contribution in [0.5, 0.6) is 0 Å². The molecule has 1 saturated heterocycles. The normalized spacial score (nSPS) is 17.6. The fourth-order valence-electron chi connectivity index (χ4n) is 0.793. The molecule has 0 bridgehead atoms. The van der Waals surface area contributed by atoms with Crippen molar-refractivity contribution in [1.29, 1.82) is 0 Å². The van der Waals surface area contributed by atoms with Gasteiger partial charge in [0.05, 0.1) is 6.04 Å². The molecule has 0 spiro atoms. The molecular formula is C8H17ClN2O. The van der Waals surface area contributed by atoms with Gasteiger partial charge in [-0.1, -0.05) is 20.8 Å². The Labute approximate surface area is 79.7 Å². The maximum atomic E-state index is 11.3. The summed E-state index contributed by atoms with van der Waals surface area (Å²) in [6.45, 7) is 7.61. The third-order valence-electron chi connectivity index (χ3n) is 1.80. The summed E-state index contributed by atoms with van der Waals surface area (Å²) in [7, 11) is 0.